The molecule has 1 fully saturated rings. The van der Waals surface area contributed by atoms with E-state index in [1.165, 1.54) is 19.6 Å². The molecule has 110 valence electrons. The van der Waals surface area contributed by atoms with Crippen LogP contribution >= 0.6 is 0 Å². The van der Waals surface area contributed by atoms with Gasteiger partial charge in [-0.1, -0.05) is 19.3 Å². The van der Waals surface area contributed by atoms with Crippen molar-refractivity contribution in [2.24, 2.45) is 5.73 Å². The normalized spacial score (nSPS) is 17.5. The van der Waals surface area contributed by atoms with E-state index in [9.17, 15) is 9.90 Å². The second-order valence-corrected chi connectivity index (χ2v) is 5.53. The molecular formula is C15H22N2O3. The quantitative estimate of drug-likeness (QED) is 0.789. The lowest BCUT2D eigenvalue weighted by molar-refractivity contribution is -0.117. The topological polar surface area (TPSA) is 84.6 Å². The van der Waals surface area contributed by atoms with Crippen LogP contribution < -0.4 is 15.8 Å². The summed E-state index contributed by atoms with van der Waals surface area (Å²) in [7, 11) is 1.48. The molecule has 0 radical (unpaired) electrons. The highest BCUT2D eigenvalue weighted by Gasteiger charge is 2.29. The molecule has 1 amide bonds. The van der Waals surface area contributed by atoms with E-state index in [0.717, 1.165) is 25.7 Å². The number of benzene rings is 1. The number of nitrogens with two attached hydrogens (primary N) is 1. The lowest BCUT2D eigenvalue weighted by Crippen LogP contribution is -2.44. The predicted octanol–water partition coefficient (Wildman–Crippen LogP) is 2.39. The summed E-state index contributed by atoms with van der Waals surface area (Å²) < 4.78 is 4.96. The van der Waals surface area contributed by atoms with Crippen LogP contribution in [-0.2, 0) is 4.79 Å². The molecule has 0 unspecified atom stereocenters. The first kappa shape index (κ1) is 14.7. The Morgan fingerprint density at radius 2 is 2.10 bits per heavy atom. The molecule has 0 bridgehead atoms. The maximum atomic E-state index is 12.0. The third-order valence-corrected chi connectivity index (χ3v) is 3.82. The molecule has 0 saturated heterocycles. The van der Waals surface area contributed by atoms with Crippen molar-refractivity contribution < 1.29 is 14.6 Å². The van der Waals surface area contributed by atoms with E-state index in [4.69, 9.17) is 10.5 Å². The molecule has 1 aromatic carbocycles. The third-order valence-electron chi connectivity index (χ3n) is 3.82. The summed E-state index contributed by atoms with van der Waals surface area (Å²) in [6, 6.07) is 4.78. The van der Waals surface area contributed by atoms with Gasteiger partial charge in [0, 0.05) is 23.7 Å². The van der Waals surface area contributed by atoms with Crippen LogP contribution in [0, 0.1) is 0 Å². The lowest BCUT2D eigenvalue weighted by Gasteiger charge is -2.32. The van der Waals surface area contributed by atoms with Gasteiger partial charge in [0.15, 0.2) is 11.5 Å². The number of amides is 1. The maximum Gasteiger partial charge on any atom is 0.226 e. The fourth-order valence-electron chi connectivity index (χ4n) is 2.73. The van der Waals surface area contributed by atoms with Crippen LogP contribution in [0.4, 0.5) is 5.69 Å². The van der Waals surface area contributed by atoms with Gasteiger partial charge in [-0.2, -0.15) is 0 Å². The van der Waals surface area contributed by atoms with Crippen LogP contribution in [0.3, 0.4) is 0 Å². The van der Waals surface area contributed by atoms with Gasteiger partial charge >= 0.3 is 0 Å². The average Bonchev–Trinajstić information content (AvgIpc) is 2.39. The molecule has 0 atom stereocenters. The molecule has 1 saturated carbocycles. The molecular weight excluding hydrogens is 256 g/mol. The van der Waals surface area contributed by atoms with Gasteiger partial charge in [-0.25, -0.2) is 0 Å². The predicted molar refractivity (Wildman–Crippen MR) is 77.9 cm³/mol. The molecule has 1 aliphatic carbocycles. The van der Waals surface area contributed by atoms with Gasteiger partial charge in [-0.3, -0.25) is 4.79 Å². The van der Waals surface area contributed by atoms with Crippen molar-refractivity contribution >= 4 is 11.6 Å². The van der Waals surface area contributed by atoms with Crippen LogP contribution in [0.2, 0.25) is 0 Å². The maximum absolute atomic E-state index is 12.0. The zero-order chi connectivity index (χ0) is 14.6. The largest absolute Gasteiger partial charge is 0.504 e. The molecule has 1 aromatic rings. The number of phenolic OH excluding ortho intramolecular Hbond substituents is 1. The molecule has 0 aromatic heterocycles. The van der Waals surface area contributed by atoms with Crippen LogP contribution in [-0.4, -0.2) is 23.7 Å². The minimum absolute atomic E-state index is 0.00503. The fourth-order valence-corrected chi connectivity index (χ4v) is 2.73. The highest BCUT2D eigenvalue weighted by molar-refractivity contribution is 5.91. The first-order valence-corrected chi connectivity index (χ1v) is 6.98. The van der Waals surface area contributed by atoms with Crippen molar-refractivity contribution in [3.8, 4) is 11.5 Å². The molecule has 2 rings (SSSR count). The van der Waals surface area contributed by atoms with Crippen molar-refractivity contribution in [1.29, 1.82) is 0 Å². The first-order chi connectivity index (χ1) is 9.52. The number of anilines is 1. The number of methoxy groups -OCH3 is 1. The minimum Gasteiger partial charge on any atom is -0.504 e. The number of nitrogens with one attached hydrogen (secondary N) is 1. The molecule has 5 heteroatoms. The van der Waals surface area contributed by atoms with Crippen LogP contribution in [0.15, 0.2) is 18.2 Å². The summed E-state index contributed by atoms with van der Waals surface area (Å²) >= 11 is 0. The van der Waals surface area contributed by atoms with E-state index >= 15 is 0 Å². The standard InChI is InChI=1S/C15H22N2O3/c1-20-13-6-5-11(9-12(13)18)17-14(19)10-15(16)7-3-2-4-8-15/h5-6,9,18H,2-4,7-8,10,16H2,1H3,(H,17,19). The summed E-state index contributed by atoms with van der Waals surface area (Å²) in [6.45, 7) is 0. The van der Waals surface area contributed by atoms with E-state index in [1.807, 2.05) is 0 Å². The van der Waals surface area contributed by atoms with Gasteiger partial charge in [0.1, 0.15) is 0 Å². The van der Waals surface area contributed by atoms with E-state index < -0.39 is 0 Å². The summed E-state index contributed by atoms with van der Waals surface area (Å²) in [5.74, 6) is 0.273. The smallest absolute Gasteiger partial charge is 0.226 e. The monoisotopic (exact) mass is 278 g/mol. The van der Waals surface area contributed by atoms with E-state index in [0.29, 0.717) is 17.9 Å². The van der Waals surface area contributed by atoms with Crippen molar-refractivity contribution in [1.82, 2.24) is 0 Å². The van der Waals surface area contributed by atoms with Gasteiger partial charge < -0.3 is 20.9 Å². The zero-order valence-electron chi connectivity index (χ0n) is 11.8. The summed E-state index contributed by atoms with van der Waals surface area (Å²) in [5, 5.41) is 12.4. The van der Waals surface area contributed by atoms with Crippen LogP contribution in [0.5, 0.6) is 11.5 Å². The number of rotatable bonds is 4. The Hall–Kier alpha value is -1.75. The van der Waals surface area contributed by atoms with Crippen LogP contribution in [0.1, 0.15) is 38.5 Å². The van der Waals surface area contributed by atoms with Crippen molar-refractivity contribution in [3.05, 3.63) is 18.2 Å². The molecule has 0 aliphatic heterocycles. The zero-order valence-corrected chi connectivity index (χ0v) is 11.8. The van der Waals surface area contributed by atoms with Crippen LogP contribution in [0.25, 0.3) is 0 Å². The molecule has 0 spiro atoms. The van der Waals surface area contributed by atoms with Crippen molar-refractivity contribution in [3.63, 3.8) is 0 Å². The highest BCUT2D eigenvalue weighted by atomic mass is 16.5. The molecule has 4 N–H and O–H groups in total. The number of hydrogen-bond acceptors (Lipinski definition) is 4. The Morgan fingerprint density at radius 1 is 1.40 bits per heavy atom. The molecule has 1 aliphatic rings. The van der Waals surface area contributed by atoms with Gasteiger partial charge in [0.25, 0.3) is 0 Å². The second-order valence-electron chi connectivity index (χ2n) is 5.53. The Morgan fingerprint density at radius 3 is 2.70 bits per heavy atom. The Balaban J connectivity index is 1.95. The summed E-state index contributed by atoms with van der Waals surface area (Å²) in [6.07, 6.45) is 5.50. The van der Waals surface area contributed by atoms with E-state index in [2.05, 4.69) is 5.32 Å². The minimum atomic E-state index is -0.378. The lowest BCUT2D eigenvalue weighted by atomic mass is 9.80. The number of carbonyl (C=O) groups excluding carboxylic acids is 1. The summed E-state index contributed by atoms with van der Waals surface area (Å²) in [4.78, 5) is 12.0. The summed E-state index contributed by atoms with van der Waals surface area (Å²) in [5.41, 5.74) is 6.43. The first-order valence-electron chi connectivity index (χ1n) is 6.98. The van der Waals surface area contributed by atoms with Gasteiger partial charge in [0.05, 0.1) is 7.11 Å². The SMILES string of the molecule is COc1ccc(NC(=O)CC2(N)CCCCC2)cc1O. The van der Waals surface area contributed by atoms with E-state index in [-0.39, 0.29) is 17.2 Å². The highest BCUT2D eigenvalue weighted by Crippen LogP contribution is 2.31. The Kier molecular flexibility index (Phi) is 4.49. The van der Waals surface area contributed by atoms with E-state index in [1.54, 1.807) is 12.1 Å². The number of carbonyl (C=O) groups is 1. The van der Waals surface area contributed by atoms with Gasteiger partial charge in [-0.05, 0) is 25.0 Å². The number of aromatic hydroxyl groups is 1. The third kappa shape index (κ3) is 3.63. The van der Waals surface area contributed by atoms with Gasteiger partial charge in [-0.15, -0.1) is 0 Å². The van der Waals surface area contributed by atoms with Crippen molar-refractivity contribution in [2.45, 2.75) is 44.1 Å². The molecule has 20 heavy (non-hydrogen) atoms. The number of hydrogen-bond donors (Lipinski definition) is 3. The number of phenols is 1. The van der Waals surface area contributed by atoms with Crippen molar-refractivity contribution in [2.75, 3.05) is 12.4 Å². The molecule has 5 nitrogen and oxygen atoms in total. The Bertz CT molecular complexity index is 482. The average molecular weight is 278 g/mol. The van der Waals surface area contributed by atoms with Gasteiger partial charge in [0.2, 0.25) is 5.91 Å². The fraction of sp³-hybridized carbons (Fsp3) is 0.533. The molecule has 0 heterocycles. The second kappa shape index (κ2) is 6.13. The number of ether oxygens (including phenoxy) is 1. The Labute approximate surface area is 119 Å².